The molecule has 45 heavy (non-hydrogen) atoms. The molecule has 0 saturated carbocycles. The van der Waals surface area contributed by atoms with Crippen molar-refractivity contribution in [3.05, 3.63) is 115 Å². The quantitative estimate of drug-likeness (QED) is 0.101. The molecule has 0 radical (unpaired) electrons. The number of carbonyl (C=O) groups is 2. The molecule has 238 valence electrons. The van der Waals surface area contributed by atoms with Gasteiger partial charge in [0.2, 0.25) is 0 Å². The minimum absolute atomic E-state index is 0.0559. The zero-order valence-corrected chi connectivity index (χ0v) is 27.6. The highest BCUT2D eigenvalue weighted by Gasteiger charge is 2.21. The topological polar surface area (TPSA) is 101 Å². The predicted molar refractivity (Wildman–Crippen MR) is 171 cm³/mol. The number of aryl methyl sites for hydroxylation is 2. The molecule has 4 aromatic carbocycles. The van der Waals surface area contributed by atoms with Gasteiger partial charge in [0.1, 0.15) is 0 Å². The lowest BCUT2D eigenvalue weighted by Crippen LogP contribution is -2.25. The number of halogens is 6. The van der Waals surface area contributed by atoms with E-state index in [2.05, 4.69) is 58.3 Å². The Bertz CT molecular complexity index is 1710. The SMILES string of the molecule is CCONC(=O)c1ccc(F)c(F)c1Nc1ccc(Br)cc1C.CONC(=O)c1ccc(F)c(F)c1Nc1ccc(Br)cc1C. The minimum Gasteiger partial charge on any atom is -0.352 e. The highest BCUT2D eigenvalue weighted by Crippen LogP contribution is 2.31. The fraction of sp³-hybridized carbons (Fsp3) is 0.161. The smallest absolute Gasteiger partial charge is 0.277 e. The molecule has 0 heterocycles. The van der Waals surface area contributed by atoms with E-state index in [0.717, 1.165) is 32.2 Å². The third-order valence-electron chi connectivity index (χ3n) is 6.08. The van der Waals surface area contributed by atoms with Crippen LogP contribution in [0.5, 0.6) is 0 Å². The van der Waals surface area contributed by atoms with Crippen LogP contribution in [0.3, 0.4) is 0 Å². The Hall–Kier alpha value is -3.98. The molecule has 0 aliphatic heterocycles. The van der Waals surface area contributed by atoms with Crippen LogP contribution in [0.4, 0.5) is 40.3 Å². The zero-order chi connectivity index (χ0) is 33.3. The first kappa shape index (κ1) is 35.5. The zero-order valence-electron chi connectivity index (χ0n) is 24.4. The summed E-state index contributed by atoms with van der Waals surface area (Å²) in [4.78, 5) is 33.3. The van der Waals surface area contributed by atoms with Gasteiger partial charge < -0.3 is 10.6 Å². The molecule has 0 fully saturated rings. The summed E-state index contributed by atoms with van der Waals surface area (Å²) in [6.07, 6.45) is 0. The average molecular weight is 756 g/mol. The number of carbonyl (C=O) groups excluding carboxylic acids is 2. The van der Waals surface area contributed by atoms with Crippen LogP contribution in [-0.4, -0.2) is 25.5 Å². The number of anilines is 4. The van der Waals surface area contributed by atoms with E-state index in [-0.39, 0.29) is 29.1 Å². The predicted octanol–water partition coefficient (Wildman–Crippen LogP) is 8.53. The molecule has 0 unspecified atom stereocenters. The van der Waals surface area contributed by atoms with Gasteiger partial charge in [-0.1, -0.05) is 31.9 Å². The van der Waals surface area contributed by atoms with E-state index in [1.807, 2.05) is 19.1 Å². The lowest BCUT2D eigenvalue weighted by Gasteiger charge is -2.15. The first-order valence-electron chi connectivity index (χ1n) is 13.2. The fourth-order valence-corrected chi connectivity index (χ4v) is 4.82. The van der Waals surface area contributed by atoms with E-state index < -0.39 is 35.1 Å². The number of hydrogen-bond donors (Lipinski definition) is 4. The molecule has 8 nitrogen and oxygen atoms in total. The standard InChI is InChI=1S/C16H15BrF2N2O2.C15H13BrF2N2O2/c1-3-23-21-16(22)11-5-6-12(18)14(19)15(11)20-13-7-4-10(17)8-9(13)2;1-8-7-9(16)3-6-12(8)19-14-10(15(21)20-22-2)4-5-11(17)13(14)18/h4-8,20H,3H2,1-2H3,(H,21,22);3-7,19H,1-2H3,(H,20,21). The molecule has 0 bridgehead atoms. The second-order valence-electron chi connectivity index (χ2n) is 9.24. The van der Waals surface area contributed by atoms with E-state index >= 15 is 0 Å². The number of amides is 2. The van der Waals surface area contributed by atoms with Crippen molar-refractivity contribution < 1.29 is 36.8 Å². The summed E-state index contributed by atoms with van der Waals surface area (Å²) in [6, 6.07) is 14.7. The van der Waals surface area contributed by atoms with Gasteiger partial charge in [-0.2, -0.15) is 0 Å². The van der Waals surface area contributed by atoms with Crippen LogP contribution in [0.1, 0.15) is 38.8 Å². The van der Waals surface area contributed by atoms with E-state index in [9.17, 15) is 27.2 Å². The van der Waals surface area contributed by atoms with Crippen molar-refractivity contribution in [2.75, 3.05) is 24.4 Å². The first-order chi connectivity index (χ1) is 21.4. The van der Waals surface area contributed by atoms with E-state index in [1.54, 1.807) is 38.1 Å². The molecule has 0 spiro atoms. The summed E-state index contributed by atoms with van der Waals surface area (Å²) in [6.45, 7) is 5.56. The Morgan fingerprint density at radius 2 is 1.11 bits per heavy atom. The van der Waals surface area contributed by atoms with Gasteiger partial charge in [0.05, 0.1) is 36.2 Å². The number of rotatable bonds is 9. The highest BCUT2D eigenvalue weighted by molar-refractivity contribution is 9.10. The van der Waals surface area contributed by atoms with Gasteiger partial charge in [-0.3, -0.25) is 19.3 Å². The summed E-state index contributed by atoms with van der Waals surface area (Å²) in [5, 5.41) is 5.55. The molecular formula is C31H28Br2F4N4O4. The van der Waals surface area contributed by atoms with E-state index in [1.165, 1.54) is 19.2 Å². The molecule has 0 atom stereocenters. The van der Waals surface area contributed by atoms with Gasteiger partial charge in [0.25, 0.3) is 11.8 Å². The fourth-order valence-electron chi connectivity index (χ4n) is 3.87. The summed E-state index contributed by atoms with van der Waals surface area (Å²) in [5.74, 6) is -5.70. The normalized spacial score (nSPS) is 10.4. The van der Waals surface area contributed by atoms with Gasteiger partial charge >= 0.3 is 0 Å². The van der Waals surface area contributed by atoms with Crippen molar-refractivity contribution in [1.82, 2.24) is 11.0 Å². The van der Waals surface area contributed by atoms with Crippen LogP contribution in [0.25, 0.3) is 0 Å². The average Bonchev–Trinajstić information content (AvgIpc) is 2.99. The van der Waals surface area contributed by atoms with Gasteiger partial charge in [-0.25, -0.2) is 28.5 Å². The Morgan fingerprint density at radius 1 is 0.689 bits per heavy atom. The van der Waals surface area contributed by atoms with Crippen molar-refractivity contribution in [3.63, 3.8) is 0 Å². The number of nitrogens with one attached hydrogen (secondary N) is 4. The van der Waals surface area contributed by atoms with Crippen molar-refractivity contribution in [3.8, 4) is 0 Å². The molecule has 4 aromatic rings. The van der Waals surface area contributed by atoms with Gasteiger partial charge in [-0.15, -0.1) is 0 Å². The van der Waals surface area contributed by atoms with Gasteiger partial charge in [0, 0.05) is 20.3 Å². The Labute approximate surface area is 273 Å². The molecule has 0 aliphatic rings. The minimum atomic E-state index is -1.13. The maximum atomic E-state index is 14.2. The number of hydrogen-bond acceptors (Lipinski definition) is 6. The van der Waals surface area contributed by atoms with Crippen LogP contribution in [0, 0.1) is 37.1 Å². The number of hydroxylamine groups is 2. The molecule has 4 N–H and O–H groups in total. The van der Waals surface area contributed by atoms with Crippen LogP contribution >= 0.6 is 31.9 Å². The molecule has 2 amide bonds. The van der Waals surface area contributed by atoms with E-state index in [4.69, 9.17) is 4.84 Å². The number of benzene rings is 4. The summed E-state index contributed by atoms with van der Waals surface area (Å²) < 4.78 is 57.0. The van der Waals surface area contributed by atoms with E-state index in [0.29, 0.717) is 11.4 Å². The summed E-state index contributed by atoms with van der Waals surface area (Å²) in [5.41, 5.74) is 6.36. The van der Waals surface area contributed by atoms with Crippen LogP contribution in [-0.2, 0) is 9.68 Å². The molecule has 4 rings (SSSR count). The summed E-state index contributed by atoms with van der Waals surface area (Å²) in [7, 11) is 1.25. The third kappa shape index (κ3) is 9.26. The van der Waals surface area contributed by atoms with Gasteiger partial charge in [-0.05, 0) is 92.6 Å². The molecule has 0 aliphatic carbocycles. The van der Waals surface area contributed by atoms with Crippen LogP contribution < -0.4 is 21.6 Å². The molecule has 14 heteroatoms. The first-order valence-corrected chi connectivity index (χ1v) is 14.7. The molecular weight excluding hydrogens is 728 g/mol. The third-order valence-corrected chi connectivity index (χ3v) is 7.07. The lowest BCUT2D eigenvalue weighted by molar-refractivity contribution is 0.0365. The van der Waals surface area contributed by atoms with Crippen molar-refractivity contribution in [1.29, 1.82) is 0 Å². The Morgan fingerprint density at radius 3 is 1.49 bits per heavy atom. The monoisotopic (exact) mass is 754 g/mol. The maximum Gasteiger partial charge on any atom is 0.277 e. The van der Waals surface area contributed by atoms with Crippen LogP contribution in [0.15, 0.2) is 69.6 Å². The summed E-state index contributed by atoms with van der Waals surface area (Å²) >= 11 is 6.65. The van der Waals surface area contributed by atoms with Gasteiger partial charge in [0.15, 0.2) is 23.3 Å². The van der Waals surface area contributed by atoms with Crippen molar-refractivity contribution >= 4 is 66.4 Å². The maximum absolute atomic E-state index is 14.2. The molecule has 0 saturated heterocycles. The Balaban J connectivity index is 0.000000246. The highest BCUT2D eigenvalue weighted by atomic mass is 79.9. The van der Waals surface area contributed by atoms with Crippen LogP contribution in [0.2, 0.25) is 0 Å². The second kappa shape index (κ2) is 16.4. The van der Waals surface area contributed by atoms with Crippen molar-refractivity contribution in [2.24, 2.45) is 0 Å². The second-order valence-corrected chi connectivity index (χ2v) is 11.1. The largest absolute Gasteiger partial charge is 0.352 e. The lowest BCUT2D eigenvalue weighted by atomic mass is 10.1. The van der Waals surface area contributed by atoms with Crippen molar-refractivity contribution in [2.45, 2.75) is 20.8 Å². The molecule has 0 aromatic heterocycles. The Kier molecular flexibility index (Phi) is 12.9.